The number of aliphatic hydroxyl groups excluding tert-OH is 1. The van der Waals surface area contributed by atoms with E-state index in [9.17, 15) is 29.3 Å². The minimum absolute atomic E-state index is 0.0235. The number of hydrogen-bond acceptors (Lipinski definition) is 22. The third kappa shape index (κ3) is 28.3. The van der Waals surface area contributed by atoms with Crippen LogP contribution in [0.2, 0.25) is 0 Å². The number of benzene rings is 12. The maximum Gasteiger partial charge on any atom is 0.475 e. The fourth-order valence-corrected chi connectivity index (χ4v) is 21.3. The minimum Gasteiger partial charge on any atom is -0.497 e. The Labute approximate surface area is 859 Å². The monoisotopic (exact) mass is 2000 g/mol. The molecule has 4 N–H and O–H groups in total. The highest BCUT2D eigenvalue weighted by Crippen LogP contribution is 2.55. The molecule has 0 spiro atoms. The maximum absolute atomic E-state index is 14.5. The van der Waals surface area contributed by atoms with Gasteiger partial charge in [0.25, 0.3) is 0 Å². The molecule has 27 heteroatoms. The Hall–Kier alpha value is -13.0. The summed E-state index contributed by atoms with van der Waals surface area (Å²) in [5, 5.41) is 27.2. The molecule has 0 aromatic heterocycles. The number of alkyl carbamates (subject to hydrolysis) is 3. The second-order valence-electron chi connectivity index (χ2n) is 36.6. The number of unbranched alkanes of at least 4 members (excludes halogenated alkanes) is 3. The molecule has 4 unspecified atom stereocenters. The molecular formula is C119H134BN4O21P. The second-order valence-corrected chi connectivity index (χ2v) is 38.2. The van der Waals surface area contributed by atoms with Gasteiger partial charge in [0.1, 0.15) is 68.0 Å². The van der Waals surface area contributed by atoms with Crippen LogP contribution in [0.15, 0.2) is 303 Å². The van der Waals surface area contributed by atoms with E-state index >= 15 is 0 Å². The Kier molecular flexibility index (Phi) is 41.4. The zero-order valence-corrected chi connectivity index (χ0v) is 85.2. The normalized spacial score (nSPS) is 15.3. The van der Waals surface area contributed by atoms with Crippen LogP contribution >= 0.6 is 7.82 Å². The van der Waals surface area contributed by atoms with E-state index in [4.69, 9.17) is 83.0 Å². The topological polar surface area (TPSA) is 296 Å². The number of methoxy groups -OCH3 is 7. The molecule has 3 amide bonds. The van der Waals surface area contributed by atoms with Crippen molar-refractivity contribution in [2.75, 3.05) is 142 Å². The van der Waals surface area contributed by atoms with Crippen LogP contribution < -0.4 is 34.9 Å². The van der Waals surface area contributed by atoms with Crippen LogP contribution in [0.3, 0.4) is 0 Å². The molecule has 146 heavy (non-hydrogen) atoms. The van der Waals surface area contributed by atoms with Gasteiger partial charge in [-0.15, -0.1) is 0 Å². The summed E-state index contributed by atoms with van der Waals surface area (Å²) in [5.41, 5.74) is 17.8. The van der Waals surface area contributed by atoms with Crippen LogP contribution in [0.5, 0.6) is 23.0 Å². The summed E-state index contributed by atoms with van der Waals surface area (Å²) < 4.78 is 108. The Morgan fingerprint density at radius 1 is 0.384 bits per heavy atom. The second kappa shape index (κ2) is 55.5. The molecular weight excluding hydrogens is 1860 g/mol. The van der Waals surface area contributed by atoms with Crippen molar-refractivity contribution in [3.05, 3.63) is 370 Å². The summed E-state index contributed by atoms with van der Waals surface area (Å²) in [5.74, 6) is 3.11. The number of hydrogen-bond donors (Lipinski definition) is 4. The highest BCUT2D eigenvalue weighted by molar-refractivity contribution is 7.48. The van der Waals surface area contributed by atoms with E-state index in [-0.39, 0.29) is 93.6 Å². The van der Waals surface area contributed by atoms with E-state index in [1.54, 1.807) is 49.8 Å². The number of nitriles is 1. The van der Waals surface area contributed by atoms with E-state index in [1.807, 2.05) is 188 Å². The number of carbonyl (C=O) groups excluding carboxylic acids is 3. The molecule has 1 heterocycles. The first-order valence-electron chi connectivity index (χ1n) is 50.2. The van der Waals surface area contributed by atoms with E-state index in [0.29, 0.717) is 90.0 Å². The van der Waals surface area contributed by atoms with Crippen molar-refractivity contribution in [1.82, 2.24) is 16.0 Å². The van der Waals surface area contributed by atoms with Crippen LogP contribution in [-0.4, -0.2) is 192 Å². The summed E-state index contributed by atoms with van der Waals surface area (Å²) in [6.07, 6.45) is 4.46. The van der Waals surface area contributed by atoms with Gasteiger partial charge >= 0.3 is 26.1 Å². The quantitative estimate of drug-likeness (QED) is 0.00905. The number of amides is 3. The summed E-state index contributed by atoms with van der Waals surface area (Å²) in [6, 6.07) is 103. The fourth-order valence-electron chi connectivity index (χ4n) is 19.8. The Balaban J connectivity index is 0.000000187. The average molecular weight is 2000 g/mol. The number of nitrogens with one attached hydrogen (secondary N) is 3. The van der Waals surface area contributed by atoms with Gasteiger partial charge in [0.05, 0.1) is 93.3 Å². The van der Waals surface area contributed by atoms with Gasteiger partial charge in [-0.2, -0.15) is 5.26 Å². The number of phosphoric ester groups is 1. The lowest BCUT2D eigenvalue weighted by atomic mass is 9.79. The van der Waals surface area contributed by atoms with Crippen LogP contribution in [-0.2, 0) is 72.0 Å². The molecule has 1 saturated heterocycles. The summed E-state index contributed by atoms with van der Waals surface area (Å²) in [6.45, 7) is 4.15. The number of ether oxygens (including phenoxy) is 13. The van der Waals surface area contributed by atoms with Gasteiger partial charge in [0.15, 0.2) is 0 Å². The Morgan fingerprint density at radius 2 is 0.685 bits per heavy atom. The standard InChI is InChI=1S/C52H58BN2O11P.C44H47NO6.C23H29NO4/c1-58-33-37(14-11-12-30-55-51(56)61-35-47-45-19-9-7-17-43(45)44-18-8-10-20-46(44)47)34-64-67(57,63-31-13-29-54)66-48-32-50(53)65-49(48)36-62-52(38-15-5-4-6-16-38,39-21-25-41(59-2)26-22-39)40-23-27-42(60-3)28-24-40;1-47-29-32(13-11-12-28-45-43(46)50-31-42-40-18-9-7-16-38(40)39-17-8-10-19-41(39)42)30-51-44(33-14-5-4-6-15-33,34-20-24-36(48-2)25-21-34)35-22-26-37(49-3)27-23-35;1-27-15-17(14-25)8-6-7-13-24-23(26)28-16-22-20-11-4-2-9-18(20)19-10-3-5-12-21(19)22/h4-10,15-28,37,47-50H,11-14,30-36H2,1-3H3,(H,55,56);4-10,14-27,32,42H,11-13,28-31H2,1-3H3,(H,45,46);2-5,9-12,17,22,25H,6-8,13-16H2,1H3,(H,24,26)/t37?,48-,49-,50-,67?;;/m1../s1. The van der Waals surface area contributed by atoms with E-state index in [2.05, 4.69) is 137 Å². The van der Waals surface area contributed by atoms with Gasteiger partial charge < -0.3 is 82.6 Å². The van der Waals surface area contributed by atoms with E-state index in [1.165, 1.54) is 55.6 Å². The highest BCUT2D eigenvalue weighted by Gasteiger charge is 2.46. The summed E-state index contributed by atoms with van der Waals surface area (Å²) >= 11 is 0. The van der Waals surface area contributed by atoms with Gasteiger partial charge in [-0.25, -0.2) is 18.9 Å². The van der Waals surface area contributed by atoms with Gasteiger partial charge in [0.2, 0.25) is 0 Å². The van der Waals surface area contributed by atoms with Crippen LogP contribution in [0, 0.1) is 29.1 Å². The molecule has 12 aromatic rings. The summed E-state index contributed by atoms with van der Waals surface area (Å²) in [4.78, 5) is 37.6. The van der Waals surface area contributed by atoms with Crippen molar-refractivity contribution in [2.45, 2.75) is 118 Å². The van der Waals surface area contributed by atoms with Crippen molar-refractivity contribution >= 4 is 33.9 Å². The third-order valence-electron chi connectivity index (χ3n) is 27.2. The number of carbonyl (C=O) groups is 3. The molecule has 764 valence electrons. The molecule has 3 aliphatic carbocycles. The molecule has 1 fully saturated rings. The molecule has 4 aliphatic rings. The zero-order valence-electron chi connectivity index (χ0n) is 84.3. The smallest absolute Gasteiger partial charge is 0.475 e. The largest absolute Gasteiger partial charge is 0.497 e. The Morgan fingerprint density at radius 3 is 1.01 bits per heavy atom. The Bertz CT molecular complexity index is 5930. The predicted octanol–water partition coefficient (Wildman–Crippen LogP) is 22.6. The van der Waals surface area contributed by atoms with Crippen molar-refractivity contribution in [1.29, 1.82) is 5.26 Å². The van der Waals surface area contributed by atoms with Gasteiger partial charge in [-0.1, -0.05) is 274 Å². The molecule has 25 nitrogen and oxygen atoms in total. The molecule has 1 aliphatic heterocycles. The van der Waals surface area contributed by atoms with Crippen LogP contribution in [0.25, 0.3) is 33.4 Å². The molecule has 0 bridgehead atoms. The predicted molar refractivity (Wildman–Crippen MR) is 564 cm³/mol. The maximum atomic E-state index is 14.5. The van der Waals surface area contributed by atoms with Crippen molar-refractivity contribution in [3.8, 4) is 62.4 Å². The van der Waals surface area contributed by atoms with E-state index < -0.39 is 43.3 Å². The number of phosphoric acid groups is 1. The molecule has 0 saturated carbocycles. The molecule has 7 atom stereocenters. The molecule has 2 radical (unpaired) electrons. The van der Waals surface area contributed by atoms with Gasteiger partial charge in [-0.05, 0) is 194 Å². The average Bonchev–Trinajstić information content (AvgIpc) is 1.38. The lowest BCUT2D eigenvalue weighted by Gasteiger charge is -2.37. The van der Waals surface area contributed by atoms with Crippen LogP contribution in [0.4, 0.5) is 14.4 Å². The SMILES string of the molecule is COCC(CCCCNC(=O)OCC1c2ccccc2-c2ccccc21)COC(c1ccccc1)(c1ccc(OC)cc1)c1ccc(OC)cc1.COCC(CO)CCCCNC(=O)OCC1c2ccccc2-c2ccccc21.[B][C@H]1C[C@@H](OP(=O)(OCCC#N)OCC(CCCCNC(=O)OCC2c3ccccc3-c3ccccc32)COC)[C@@H](COC(c2ccccc2)(c2ccc(OC)cc2)c2ccc(OC)cc2)O1. The van der Waals surface area contributed by atoms with Crippen LogP contribution in [0.1, 0.15) is 155 Å². The summed E-state index contributed by atoms with van der Waals surface area (Å²) in [7, 11) is 13.6. The lowest BCUT2D eigenvalue weighted by molar-refractivity contribution is -0.0749. The van der Waals surface area contributed by atoms with E-state index in [0.717, 1.165) is 94.5 Å². The molecule has 16 rings (SSSR count). The highest BCUT2D eigenvalue weighted by atomic mass is 31.2. The van der Waals surface area contributed by atoms with Crippen molar-refractivity contribution in [3.63, 3.8) is 0 Å². The fraction of sp³-hybridized carbons (Fsp3) is 0.361. The number of aliphatic hydroxyl groups is 1. The van der Waals surface area contributed by atoms with Gasteiger partial charge in [-0.3, -0.25) is 13.6 Å². The minimum atomic E-state index is -4.31. The first kappa shape index (κ1) is 109. The number of nitrogens with zero attached hydrogens (tertiary/aromatic N) is 1. The first-order valence-corrected chi connectivity index (χ1v) is 51.6. The number of rotatable bonds is 52. The number of fused-ring (bicyclic) bond motifs is 9. The first-order chi connectivity index (χ1) is 71.5. The lowest BCUT2D eigenvalue weighted by Crippen LogP contribution is -2.38. The zero-order chi connectivity index (χ0) is 102. The van der Waals surface area contributed by atoms with Crippen molar-refractivity contribution < 1.29 is 99.2 Å². The van der Waals surface area contributed by atoms with Gasteiger partial charge in [0, 0.05) is 89.1 Å². The molecule has 12 aromatic carbocycles. The van der Waals surface area contributed by atoms with Crippen molar-refractivity contribution in [2.24, 2.45) is 17.8 Å². The third-order valence-corrected chi connectivity index (χ3v) is 28.7.